The van der Waals surface area contributed by atoms with Crippen LogP contribution in [0.25, 0.3) is 32.0 Å². The first-order valence-electron chi connectivity index (χ1n) is 11.6. The van der Waals surface area contributed by atoms with Crippen molar-refractivity contribution in [2.24, 2.45) is 5.92 Å². The van der Waals surface area contributed by atoms with E-state index in [-0.39, 0.29) is 11.9 Å². The van der Waals surface area contributed by atoms with Crippen LogP contribution >= 0.6 is 11.3 Å². The predicted octanol–water partition coefficient (Wildman–Crippen LogP) is 7.22. The highest BCUT2D eigenvalue weighted by Gasteiger charge is 2.27. The molecule has 2 aromatic carbocycles. The number of nitriles is 1. The Balaban J connectivity index is 1.59. The summed E-state index contributed by atoms with van der Waals surface area (Å²) in [5, 5.41) is 12.7. The van der Waals surface area contributed by atoms with E-state index in [0.29, 0.717) is 24.5 Å². The molecule has 33 heavy (non-hydrogen) atoms. The molecule has 0 saturated heterocycles. The predicted molar refractivity (Wildman–Crippen MR) is 133 cm³/mol. The Morgan fingerprint density at radius 3 is 2.73 bits per heavy atom. The van der Waals surface area contributed by atoms with Crippen LogP contribution in [0.15, 0.2) is 54.9 Å². The number of nitrogens with zero attached hydrogens (tertiary/aromatic N) is 2. The molecular formula is C28H26N2O2S. The van der Waals surface area contributed by atoms with E-state index in [1.54, 1.807) is 11.3 Å². The summed E-state index contributed by atoms with van der Waals surface area (Å²) >= 11 is 1.77. The largest absolute Gasteiger partial charge is 0.466 e. The molecule has 0 bridgehead atoms. The van der Waals surface area contributed by atoms with Crippen LogP contribution in [0.1, 0.15) is 55.4 Å². The molecule has 2 heterocycles. The summed E-state index contributed by atoms with van der Waals surface area (Å²) in [5.41, 5.74) is 2.83. The SMILES string of the molecule is CCOC(=O)C[C@H](CC1CCC1)c1cc2cncc(-c3ccc(C#N)c4ccccc34)c2s1. The molecule has 1 saturated carbocycles. The van der Waals surface area contributed by atoms with E-state index >= 15 is 0 Å². The smallest absolute Gasteiger partial charge is 0.306 e. The zero-order valence-electron chi connectivity index (χ0n) is 18.7. The zero-order chi connectivity index (χ0) is 22.8. The molecule has 1 aliphatic carbocycles. The van der Waals surface area contributed by atoms with E-state index in [1.807, 2.05) is 49.6 Å². The standard InChI is InChI=1S/C28H26N2O2S/c1-2-32-27(31)14-20(12-18-6-5-7-18)26-13-21-16-30-17-25(28(21)33-26)24-11-10-19(15-29)22-8-3-4-9-23(22)24/h3-4,8-11,13,16-18,20H,2,5-7,12,14H2,1H3/t20-/m0/s1. The van der Waals surface area contributed by atoms with E-state index in [0.717, 1.165) is 33.7 Å². The van der Waals surface area contributed by atoms with Gasteiger partial charge in [0.2, 0.25) is 0 Å². The van der Waals surface area contributed by atoms with Gasteiger partial charge in [0.05, 0.1) is 24.7 Å². The minimum absolute atomic E-state index is 0.115. The Morgan fingerprint density at radius 1 is 1.18 bits per heavy atom. The number of ether oxygens (including phenoxy) is 1. The number of carbonyl (C=O) groups excluding carboxylic acids is 1. The second kappa shape index (κ2) is 9.33. The zero-order valence-corrected chi connectivity index (χ0v) is 19.5. The number of fused-ring (bicyclic) bond motifs is 2. The molecule has 1 aliphatic rings. The first-order valence-corrected chi connectivity index (χ1v) is 12.4. The van der Waals surface area contributed by atoms with Gasteiger partial charge in [0.1, 0.15) is 0 Å². The molecule has 4 nitrogen and oxygen atoms in total. The summed E-state index contributed by atoms with van der Waals surface area (Å²) in [6.45, 7) is 2.28. The molecule has 5 rings (SSSR count). The lowest BCUT2D eigenvalue weighted by Gasteiger charge is -2.29. The van der Waals surface area contributed by atoms with Crippen LogP contribution in [0.5, 0.6) is 0 Å². The van der Waals surface area contributed by atoms with Crippen LogP contribution in [0, 0.1) is 17.2 Å². The number of rotatable bonds is 7. The van der Waals surface area contributed by atoms with Crippen LogP contribution in [0.3, 0.4) is 0 Å². The normalized spacial score (nSPS) is 14.7. The first kappa shape index (κ1) is 21.6. The van der Waals surface area contributed by atoms with Crippen molar-refractivity contribution < 1.29 is 9.53 Å². The molecule has 0 spiro atoms. The Morgan fingerprint density at radius 2 is 2.00 bits per heavy atom. The third-order valence-corrected chi connectivity index (χ3v) is 8.09. The van der Waals surface area contributed by atoms with E-state index in [9.17, 15) is 10.1 Å². The highest BCUT2D eigenvalue weighted by molar-refractivity contribution is 7.19. The van der Waals surface area contributed by atoms with Crippen molar-refractivity contribution in [2.45, 2.75) is 44.9 Å². The fourth-order valence-electron chi connectivity index (χ4n) is 4.86. The molecule has 1 atom stereocenters. The summed E-state index contributed by atoms with van der Waals surface area (Å²) in [6, 6.07) is 16.5. The third kappa shape index (κ3) is 4.24. The van der Waals surface area contributed by atoms with Crippen LogP contribution < -0.4 is 0 Å². The van der Waals surface area contributed by atoms with Gasteiger partial charge in [-0.1, -0.05) is 49.6 Å². The van der Waals surface area contributed by atoms with Crippen molar-refractivity contribution in [2.75, 3.05) is 6.61 Å². The Labute approximate surface area is 197 Å². The Hall–Kier alpha value is -3.23. The van der Waals surface area contributed by atoms with Crippen molar-refractivity contribution in [1.82, 2.24) is 4.98 Å². The molecule has 0 unspecified atom stereocenters. The van der Waals surface area contributed by atoms with Crippen molar-refractivity contribution in [1.29, 1.82) is 5.26 Å². The number of hydrogen-bond donors (Lipinski definition) is 0. The molecule has 5 heteroatoms. The highest BCUT2D eigenvalue weighted by atomic mass is 32.1. The number of pyridine rings is 1. The average molecular weight is 455 g/mol. The fourth-order valence-corrected chi connectivity index (χ4v) is 6.13. The van der Waals surface area contributed by atoms with Gasteiger partial charge in [-0.3, -0.25) is 9.78 Å². The summed E-state index contributed by atoms with van der Waals surface area (Å²) in [5.74, 6) is 0.766. The summed E-state index contributed by atoms with van der Waals surface area (Å²) in [4.78, 5) is 18.1. The number of carbonyl (C=O) groups is 1. The van der Waals surface area contributed by atoms with Gasteiger partial charge in [0, 0.05) is 44.2 Å². The van der Waals surface area contributed by atoms with Crippen molar-refractivity contribution in [3.63, 3.8) is 0 Å². The highest BCUT2D eigenvalue weighted by Crippen LogP contribution is 2.44. The van der Waals surface area contributed by atoms with Crippen LogP contribution in [0.2, 0.25) is 0 Å². The van der Waals surface area contributed by atoms with Gasteiger partial charge < -0.3 is 4.74 Å². The van der Waals surface area contributed by atoms with Crippen molar-refractivity contribution >= 4 is 38.2 Å². The Kier molecular flexibility index (Phi) is 6.11. The minimum Gasteiger partial charge on any atom is -0.466 e. The molecular weight excluding hydrogens is 428 g/mol. The minimum atomic E-state index is -0.115. The maximum absolute atomic E-state index is 12.4. The number of hydrogen-bond acceptors (Lipinski definition) is 5. The number of esters is 1. The topological polar surface area (TPSA) is 63.0 Å². The first-order chi connectivity index (χ1) is 16.2. The lowest BCUT2D eigenvalue weighted by atomic mass is 9.78. The summed E-state index contributed by atoms with van der Waals surface area (Å²) in [6.07, 6.45) is 9.11. The molecule has 0 aliphatic heterocycles. The lowest BCUT2D eigenvalue weighted by Crippen LogP contribution is -2.17. The van der Waals surface area contributed by atoms with E-state index in [4.69, 9.17) is 4.74 Å². The number of benzene rings is 2. The van der Waals surface area contributed by atoms with Crippen molar-refractivity contribution in [3.8, 4) is 17.2 Å². The van der Waals surface area contributed by atoms with Crippen LogP contribution in [0.4, 0.5) is 0 Å². The number of aromatic nitrogens is 1. The van der Waals surface area contributed by atoms with Gasteiger partial charge in [-0.15, -0.1) is 11.3 Å². The third-order valence-electron chi connectivity index (χ3n) is 6.74. The Bertz CT molecular complexity index is 1360. The summed E-state index contributed by atoms with van der Waals surface area (Å²) in [7, 11) is 0. The maximum atomic E-state index is 12.4. The van der Waals surface area contributed by atoms with Gasteiger partial charge in [0.15, 0.2) is 0 Å². The monoisotopic (exact) mass is 454 g/mol. The average Bonchev–Trinajstić information content (AvgIpc) is 3.24. The van der Waals surface area contributed by atoms with Gasteiger partial charge in [0.25, 0.3) is 0 Å². The van der Waals surface area contributed by atoms with Crippen LogP contribution in [-0.4, -0.2) is 17.6 Å². The van der Waals surface area contributed by atoms with Gasteiger partial charge >= 0.3 is 5.97 Å². The lowest BCUT2D eigenvalue weighted by molar-refractivity contribution is -0.143. The summed E-state index contributed by atoms with van der Waals surface area (Å²) < 4.78 is 6.47. The molecule has 4 aromatic rings. The second-order valence-electron chi connectivity index (χ2n) is 8.81. The van der Waals surface area contributed by atoms with Gasteiger partial charge in [-0.05, 0) is 42.3 Å². The second-order valence-corrected chi connectivity index (χ2v) is 9.89. The molecule has 2 aromatic heterocycles. The quantitative estimate of drug-likeness (QED) is 0.277. The van der Waals surface area contributed by atoms with Crippen LogP contribution in [-0.2, 0) is 9.53 Å². The molecule has 1 fully saturated rings. The van der Waals surface area contributed by atoms with E-state index < -0.39 is 0 Å². The number of thiophene rings is 1. The maximum Gasteiger partial charge on any atom is 0.306 e. The van der Waals surface area contributed by atoms with E-state index in [1.165, 1.54) is 28.8 Å². The van der Waals surface area contributed by atoms with Gasteiger partial charge in [-0.25, -0.2) is 0 Å². The molecule has 0 radical (unpaired) electrons. The molecule has 0 amide bonds. The molecule has 0 N–H and O–H groups in total. The van der Waals surface area contributed by atoms with Gasteiger partial charge in [-0.2, -0.15) is 5.26 Å². The van der Waals surface area contributed by atoms with Crippen molar-refractivity contribution in [3.05, 3.63) is 65.3 Å². The molecule has 166 valence electrons. The van der Waals surface area contributed by atoms with E-state index in [2.05, 4.69) is 23.2 Å². The fraction of sp³-hybridized carbons (Fsp3) is 0.321.